The van der Waals surface area contributed by atoms with Crippen molar-refractivity contribution in [2.75, 3.05) is 18.6 Å². The maximum absolute atomic E-state index is 12.5. The van der Waals surface area contributed by atoms with Gasteiger partial charge in [-0.1, -0.05) is 0 Å². The second-order valence-electron chi connectivity index (χ2n) is 4.01. The molecule has 0 N–H and O–H groups in total. The molecule has 1 aliphatic rings. The molecule has 0 aromatic carbocycles. The zero-order chi connectivity index (χ0) is 12.6. The Bertz CT molecular complexity index is 506. The van der Waals surface area contributed by atoms with E-state index in [2.05, 4.69) is 15.9 Å². The molecule has 1 fully saturated rings. The number of hydrogen-bond donors (Lipinski definition) is 0. The molecular formula is C10H14BrNO2S3. The van der Waals surface area contributed by atoms with Gasteiger partial charge < -0.3 is 0 Å². The number of hydrogen-bond acceptors (Lipinski definition) is 4. The lowest BCUT2D eigenvalue weighted by atomic mass is 10.3. The highest BCUT2D eigenvalue weighted by atomic mass is 79.9. The van der Waals surface area contributed by atoms with Crippen molar-refractivity contribution in [3.8, 4) is 0 Å². The van der Waals surface area contributed by atoms with Crippen molar-refractivity contribution in [1.82, 2.24) is 4.31 Å². The predicted molar refractivity (Wildman–Crippen MR) is 77.4 cm³/mol. The van der Waals surface area contributed by atoms with Gasteiger partial charge in [0.15, 0.2) is 0 Å². The van der Waals surface area contributed by atoms with E-state index in [0.29, 0.717) is 4.90 Å². The lowest BCUT2D eigenvalue weighted by molar-refractivity contribution is 0.394. The van der Waals surface area contributed by atoms with Crippen LogP contribution in [0, 0.1) is 6.92 Å². The second-order valence-corrected chi connectivity index (χ2v) is 9.76. The van der Waals surface area contributed by atoms with Crippen molar-refractivity contribution in [1.29, 1.82) is 0 Å². The molecule has 2 rings (SSSR count). The SMILES string of the molecule is Cc1sc(Br)cc1S(=O)(=O)N(C)C1CCSC1. The van der Waals surface area contributed by atoms with Crippen LogP contribution in [0.2, 0.25) is 0 Å². The Morgan fingerprint density at radius 3 is 2.71 bits per heavy atom. The third-order valence-electron chi connectivity index (χ3n) is 2.92. The maximum Gasteiger partial charge on any atom is 0.244 e. The van der Waals surface area contributed by atoms with Gasteiger partial charge in [0.05, 0.1) is 8.68 Å². The fraction of sp³-hybridized carbons (Fsp3) is 0.600. The standard InChI is InChI=1S/C10H14BrNO2S3/c1-7-9(5-10(11)16-7)17(13,14)12(2)8-3-4-15-6-8/h5,8H,3-4,6H2,1-2H3. The molecule has 1 saturated heterocycles. The summed E-state index contributed by atoms with van der Waals surface area (Å²) in [7, 11) is -1.64. The summed E-state index contributed by atoms with van der Waals surface area (Å²) in [6.45, 7) is 1.85. The molecule has 1 aromatic rings. The molecule has 3 nitrogen and oxygen atoms in total. The van der Waals surface area contributed by atoms with Gasteiger partial charge in [-0.25, -0.2) is 8.42 Å². The number of thiophene rings is 1. The minimum atomic E-state index is -3.33. The van der Waals surface area contributed by atoms with Crippen LogP contribution in [-0.2, 0) is 10.0 Å². The molecule has 96 valence electrons. The van der Waals surface area contributed by atoms with Crippen LogP contribution in [0.4, 0.5) is 0 Å². The van der Waals surface area contributed by atoms with E-state index in [1.54, 1.807) is 13.1 Å². The number of rotatable bonds is 3. The monoisotopic (exact) mass is 355 g/mol. The van der Waals surface area contributed by atoms with Gasteiger partial charge in [0.25, 0.3) is 0 Å². The largest absolute Gasteiger partial charge is 0.244 e. The Balaban J connectivity index is 2.32. The normalized spacial score (nSPS) is 21.3. The average molecular weight is 356 g/mol. The van der Waals surface area contributed by atoms with Gasteiger partial charge in [-0.3, -0.25) is 0 Å². The fourth-order valence-electron chi connectivity index (χ4n) is 1.85. The van der Waals surface area contributed by atoms with E-state index in [-0.39, 0.29) is 6.04 Å². The summed E-state index contributed by atoms with van der Waals surface area (Å²) in [5, 5.41) is 0. The third-order valence-corrected chi connectivity index (χ3v) is 7.78. The van der Waals surface area contributed by atoms with Gasteiger partial charge in [0.2, 0.25) is 10.0 Å². The molecule has 0 saturated carbocycles. The molecule has 0 spiro atoms. The first-order valence-corrected chi connectivity index (χ1v) is 9.45. The maximum atomic E-state index is 12.5. The summed E-state index contributed by atoms with van der Waals surface area (Å²) in [4.78, 5) is 1.28. The van der Waals surface area contributed by atoms with Crippen LogP contribution in [0.1, 0.15) is 11.3 Å². The van der Waals surface area contributed by atoms with E-state index in [1.165, 1.54) is 15.6 Å². The van der Waals surface area contributed by atoms with E-state index in [4.69, 9.17) is 0 Å². The lowest BCUT2D eigenvalue weighted by Gasteiger charge is -2.22. The van der Waals surface area contributed by atoms with Crippen LogP contribution in [-0.4, -0.2) is 37.3 Å². The first-order chi connectivity index (χ1) is 7.93. The quantitative estimate of drug-likeness (QED) is 0.836. The average Bonchev–Trinajstić information content (AvgIpc) is 2.86. The number of thioether (sulfide) groups is 1. The first-order valence-electron chi connectivity index (χ1n) is 5.24. The third kappa shape index (κ3) is 2.73. The van der Waals surface area contributed by atoms with Gasteiger partial charge in [0, 0.05) is 23.7 Å². The van der Waals surface area contributed by atoms with Crippen molar-refractivity contribution >= 4 is 49.1 Å². The van der Waals surface area contributed by atoms with E-state index in [0.717, 1.165) is 26.6 Å². The van der Waals surface area contributed by atoms with Crippen LogP contribution in [0.3, 0.4) is 0 Å². The highest BCUT2D eigenvalue weighted by molar-refractivity contribution is 9.11. The Morgan fingerprint density at radius 1 is 1.53 bits per heavy atom. The van der Waals surface area contributed by atoms with Crippen molar-refractivity contribution in [3.05, 3.63) is 14.7 Å². The van der Waals surface area contributed by atoms with Crippen molar-refractivity contribution < 1.29 is 8.42 Å². The zero-order valence-corrected chi connectivity index (χ0v) is 13.7. The van der Waals surface area contributed by atoms with Crippen molar-refractivity contribution in [2.45, 2.75) is 24.3 Å². The van der Waals surface area contributed by atoms with E-state index in [9.17, 15) is 8.42 Å². The molecule has 17 heavy (non-hydrogen) atoms. The van der Waals surface area contributed by atoms with E-state index in [1.807, 2.05) is 18.7 Å². The lowest BCUT2D eigenvalue weighted by Crippen LogP contribution is -2.37. The van der Waals surface area contributed by atoms with Crippen LogP contribution < -0.4 is 0 Å². The molecule has 0 bridgehead atoms. The molecule has 0 radical (unpaired) electrons. The fourth-order valence-corrected chi connectivity index (χ4v) is 6.98. The minimum absolute atomic E-state index is 0.142. The molecule has 0 aliphatic carbocycles. The minimum Gasteiger partial charge on any atom is -0.207 e. The zero-order valence-electron chi connectivity index (χ0n) is 9.64. The van der Waals surface area contributed by atoms with Crippen molar-refractivity contribution in [3.63, 3.8) is 0 Å². The van der Waals surface area contributed by atoms with Crippen LogP contribution in [0.15, 0.2) is 14.7 Å². The topological polar surface area (TPSA) is 37.4 Å². The highest BCUT2D eigenvalue weighted by Crippen LogP contribution is 2.33. The predicted octanol–water partition coefficient (Wildman–Crippen LogP) is 2.95. The Hall–Kier alpha value is 0.440. The van der Waals surface area contributed by atoms with E-state index >= 15 is 0 Å². The van der Waals surface area contributed by atoms with E-state index < -0.39 is 10.0 Å². The smallest absolute Gasteiger partial charge is 0.207 e. The molecule has 1 aliphatic heterocycles. The summed E-state index contributed by atoms with van der Waals surface area (Å²) < 4.78 is 27.3. The summed E-state index contributed by atoms with van der Waals surface area (Å²) in [6, 6.07) is 1.84. The molecule has 1 unspecified atom stereocenters. The molecule has 7 heteroatoms. The van der Waals surface area contributed by atoms with Gasteiger partial charge in [-0.05, 0) is 41.1 Å². The van der Waals surface area contributed by atoms with Gasteiger partial charge in [-0.2, -0.15) is 16.1 Å². The molecule has 0 amide bonds. The van der Waals surface area contributed by atoms with Crippen LogP contribution >= 0.6 is 39.0 Å². The second kappa shape index (κ2) is 5.21. The van der Waals surface area contributed by atoms with Crippen LogP contribution in [0.5, 0.6) is 0 Å². The number of sulfonamides is 1. The van der Waals surface area contributed by atoms with Crippen molar-refractivity contribution in [2.24, 2.45) is 0 Å². The Labute approximate surface area is 119 Å². The van der Waals surface area contributed by atoms with Crippen LogP contribution in [0.25, 0.3) is 0 Å². The number of aryl methyl sites for hydroxylation is 1. The molecule has 1 aromatic heterocycles. The summed E-state index contributed by atoms with van der Waals surface area (Å²) in [5.74, 6) is 1.96. The van der Waals surface area contributed by atoms with Gasteiger partial charge in [-0.15, -0.1) is 11.3 Å². The summed E-state index contributed by atoms with van der Waals surface area (Å²) >= 11 is 6.62. The molecule has 1 atom stereocenters. The first kappa shape index (κ1) is 13.9. The Kier molecular flexibility index (Phi) is 4.24. The van der Waals surface area contributed by atoms with Gasteiger partial charge in [0.1, 0.15) is 0 Å². The highest BCUT2D eigenvalue weighted by Gasteiger charge is 2.32. The number of halogens is 1. The number of nitrogens with zero attached hydrogens (tertiary/aromatic N) is 1. The van der Waals surface area contributed by atoms with Gasteiger partial charge >= 0.3 is 0 Å². The molecule has 2 heterocycles. The Morgan fingerprint density at radius 2 is 2.24 bits per heavy atom. The summed E-state index contributed by atoms with van der Waals surface area (Å²) in [5.41, 5.74) is 0. The molecular weight excluding hydrogens is 342 g/mol. The summed E-state index contributed by atoms with van der Waals surface area (Å²) in [6.07, 6.45) is 0.949.